The lowest BCUT2D eigenvalue weighted by Crippen LogP contribution is -2.41. The van der Waals surface area contributed by atoms with Gasteiger partial charge >= 0.3 is 0 Å². The lowest BCUT2D eigenvalue weighted by molar-refractivity contribution is 0.122. The summed E-state index contributed by atoms with van der Waals surface area (Å²) in [5.41, 5.74) is 1.90. The first-order chi connectivity index (χ1) is 14.7. The van der Waals surface area contributed by atoms with Crippen molar-refractivity contribution >= 4 is 33.7 Å². The minimum absolute atomic E-state index is 0.105. The number of aryl methyl sites for hydroxylation is 1. The zero-order valence-corrected chi connectivity index (χ0v) is 17.8. The van der Waals surface area contributed by atoms with E-state index in [4.69, 9.17) is 9.47 Å². The summed E-state index contributed by atoms with van der Waals surface area (Å²) in [6.07, 6.45) is 4.17. The molecular weight excluding hydrogens is 400 g/mol. The number of morpholine rings is 1. The van der Waals surface area contributed by atoms with Crippen LogP contribution in [0.4, 0.5) is 11.5 Å². The second-order valence-electron chi connectivity index (χ2n) is 8.31. The molecule has 0 radical (unpaired) electrons. The number of fused-ring (bicyclic) bond motifs is 1. The van der Waals surface area contributed by atoms with Crippen LogP contribution >= 0.6 is 11.3 Å². The zero-order valence-electron chi connectivity index (χ0n) is 17.0. The predicted octanol–water partition coefficient (Wildman–Crippen LogP) is 2.74. The van der Waals surface area contributed by atoms with E-state index < -0.39 is 0 Å². The van der Waals surface area contributed by atoms with E-state index in [0.717, 1.165) is 79.7 Å². The van der Waals surface area contributed by atoms with E-state index in [0.29, 0.717) is 0 Å². The van der Waals surface area contributed by atoms with Gasteiger partial charge in [-0.05, 0) is 43.2 Å². The summed E-state index contributed by atoms with van der Waals surface area (Å²) in [6.45, 7) is 7.19. The summed E-state index contributed by atoms with van der Waals surface area (Å²) < 4.78 is 11.7. The van der Waals surface area contributed by atoms with Gasteiger partial charge in [0.1, 0.15) is 22.2 Å². The molecule has 1 aromatic carbocycles. The Balaban J connectivity index is 1.28. The third-order valence-electron chi connectivity index (χ3n) is 6.31. The summed E-state index contributed by atoms with van der Waals surface area (Å²) >= 11 is 1.73. The molecule has 0 bridgehead atoms. The van der Waals surface area contributed by atoms with Gasteiger partial charge in [-0.1, -0.05) is 0 Å². The molecule has 0 aliphatic carbocycles. The maximum Gasteiger partial charge on any atom is 0.162 e. The Morgan fingerprint density at radius 2 is 2.03 bits per heavy atom. The Morgan fingerprint density at radius 3 is 2.87 bits per heavy atom. The van der Waals surface area contributed by atoms with E-state index in [9.17, 15) is 0 Å². The van der Waals surface area contributed by atoms with Crippen LogP contribution in [0.15, 0.2) is 24.4 Å². The molecule has 3 fully saturated rings. The molecule has 0 N–H and O–H groups in total. The normalized spacial score (nSPS) is 26.5. The fourth-order valence-corrected chi connectivity index (χ4v) is 5.63. The van der Waals surface area contributed by atoms with Crippen molar-refractivity contribution < 1.29 is 9.47 Å². The van der Waals surface area contributed by atoms with E-state index in [1.54, 1.807) is 11.3 Å². The first kappa shape index (κ1) is 18.4. The van der Waals surface area contributed by atoms with Crippen molar-refractivity contribution in [1.29, 1.82) is 0 Å². The predicted molar refractivity (Wildman–Crippen MR) is 115 cm³/mol. The molecule has 0 unspecified atom stereocenters. The van der Waals surface area contributed by atoms with Gasteiger partial charge in [0, 0.05) is 41.8 Å². The average Bonchev–Trinajstić information content (AvgIpc) is 3.29. The van der Waals surface area contributed by atoms with Gasteiger partial charge in [-0.3, -0.25) is 0 Å². The van der Waals surface area contributed by atoms with Crippen LogP contribution in [0.3, 0.4) is 0 Å². The number of piperidine rings is 1. The first-order valence-corrected chi connectivity index (χ1v) is 11.3. The third kappa shape index (κ3) is 3.12. The van der Waals surface area contributed by atoms with Crippen molar-refractivity contribution in [3.05, 3.63) is 34.3 Å². The fraction of sp³-hybridized carbons (Fsp3) is 0.524. The number of epoxide rings is 1. The summed E-state index contributed by atoms with van der Waals surface area (Å²) in [5.74, 6) is 0.900. The monoisotopic (exact) mass is 424 g/mol. The number of rotatable bonds is 3. The maximum atomic E-state index is 6.23. The summed E-state index contributed by atoms with van der Waals surface area (Å²) in [5, 5.41) is 15.0. The van der Waals surface area contributed by atoms with Gasteiger partial charge in [-0.15, -0.1) is 21.5 Å². The quantitative estimate of drug-likeness (QED) is 0.594. The van der Waals surface area contributed by atoms with Crippen molar-refractivity contribution in [2.24, 2.45) is 0 Å². The van der Waals surface area contributed by atoms with Gasteiger partial charge in [-0.25, -0.2) is 4.98 Å². The number of nitrogens with zero attached hydrogens (tertiary/aromatic N) is 6. The number of benzene rings is 1. The molecule has 2 atom stereocenters. The Kier molecular flexibility index (Phi) is 4.36. The van der Waals surface area contributed by atoms with Gasteiger partial charge in [-0.2, -0.15) is 0 Å². The van der Waals surface area contributed by atoms with Crippen molar-refractivity contribution in [1.82, 2.24) is 20.4 Å². The van der Waals surface area contributed by atoms with Gasteiger partial charge in [0.05, 0.1) is 19.8 Å². The van der Waals surface area contributed by atoms with Crippen molar-refractivity contribution in [3.8, 4) is 0 Å². The number of anilines is 2. The molecule has 2 aromatic heterocycles. The smallest absolute Gasteiger partial charge is 0.162 e. The number of thiazole rings is 1. The topological polar surface area (TPSA) is 79.8 Å². The van der Waals surface area contributed by atoms with E-state index in [1.807, 2.05) is 6.20 Å². The Morgan fingerprint density at radius 1 is 1.13 bits per heavy atom. The van der Waals surface area contributed by atoms with E-state index >= 15 is 0 Å². The third-order valence-corrected chi connectivity index (χ3v) is 7.27. The summed E-state index contributed by atoms with van der Waals surface area (Å²) in [4.78, 5) is 10.4. The molecule has 3 aromatic rings. The van der Waals surface area contributed by atoms with Crippen LogP contribution in [0.2, 0.25) is 0 Å². The fourth-order valence-electron chi connectivity index (χ4n) is 4.72. The second kappa shape index (κ2) is 7.11. The maximum absolute atomic E-state index is 6.23. The highest BCUT2D eigenvalue weighted by Crippen LogP contribution is 2.55. The number of hydrogen-bond acceptors (Lipinski definition) is 9. The van der Waals surface area contributed by atoms with E-state index in [-0.39, 0.29) is 11.7 Å². The van der Waals surface area contributed by atoms with Crippen molar-refractivity contribution in [3.63, 3.8) is 0 Å². The molecular formula is C21H24N6O2S. The van der Waals surface area contributed by atoms with Crippen LogP contribution in [0, 0.1) is 6.92 Å². The SMILES string of the molecule is Cc1cnc([C@H]2O[C@@]23CCCN(c2nnnc4cc(N5CCOCC5)ccc24)C3)s1. The summed E-state index contributed by atoms with van der Waals surface area (Å²) in [7, 11) is 0. The lowest BCUT2D eigenvalue weighted by atomic mass is 9.94. The molecule has 30 heavy (non-hydrogen) atoms. The van der Waals surface area contributed by atoms with E-state index in [1.165, 1.54) is 4.88 Å². The molecule has 8 nitrogen and oxygen atoms in total. The molecule has 156 valence electrons. The van der Waals surface area contributed by atoms with Gasteiger partial charge in [0.15, 0.2) is 5.82 Å². The molecule has 3 aliphatic heterocycles. The second-order valence-corrected chi connectivity index (χ2v) is 9.58. The standard InChI is InChI=1S/C21H24N6O2S/c1-14-12-22-20(30-14)18-21(29-18)5-2-6-27(13-21)19-16-4-3-15(11-17(16)23-25-24-19)26-7-9-28-10-8-26/h3-4,11-12,18H,2,5-10,13H2,1H3/t18-,21-/m1/s1. The highest BCUT2D eigenvalue weighted by molar-refractivity contribution is 7.11. The van der Waals surface area contributed by atoms with Crippen LogP contribution in [0.5, 0.6) is 0 Å². The van der Waals surface area contributed by atoms with E-state index in [2.05, 4.69) is 55.3 Å². The summed E-state index contributed by atoms with van der Waals surface area (Å²) in [6, 6.07) is 6.41. The lowest BCUT2D eigenvalue weighted by Gasteiger charge is -2.32. The largest absolute Gasteiger partial charge is 0.378 e. The van der Waals surface area contributed by atoms with Gasteiger partial charge < -0.3 is 19.3 Å². The molecule has 3 aliphatic rings. The minimum atomic E-state index is -0.145. The Hall–Kier alpha value is -2.36. The van der Waals surface area contributed by atoms with Crippen LogP contribution in [0.25, 0.3) is 10.9 Å². The van der Waals surface area contributed by atoms with Crippen LogP contribution < -0.4 is 9.80 Å². The molecule has 5 heterocycles. The number of ether oxygens (including phenoxy) is 2. The van der Waals surface area contributed by atoms with Crippen LogP contribution in [-0.4, -0.2) is 65.4 Å². The molecule has 9 heteroatoms. The molecule has 1 spiro atoms. The molecule has 0 amide bonds. The molecule has 0 saturated carbocycles. The minimum Gasteiger partial charge on any atom is -0.378 e. The highest BCUT2D eigenvalue weighted by Gasteiger charge is 2.60. The van der Waals surface area contributed by atoms with Crippen LogP contribution in [0.1, 0.15) is 28.8 Å². The average molecular weight is 425 g/mol. The highest BCUT2D eigenvalue weighted by atomic mass is 32.1. The Labute approximate surface area is 178 Å². The molecule has 3 saturated heterocycles. The van der Waals surface area contributed by atoms with Gasteiger partial charge in [0.2, 0.25) is 0 Å². The first-order valence-electron chi connectivity index (χ1n) is 10.5. The Bertz CT molecular complexity index is 1080. The van der Waals surface area contributed by atoms with Crippen LogP contribution in [-0.2, 0) is 9.47 Å². The van der Waals surface area contributed by atoms with Crippen molar-refractivity contribution in [2.45, 2.75) is 31.5 Å². The zero-order chi connectivity index (χ0) is 20.1. The van der Waals surface area contributed by atoms with Crippen molar-refractivity contribution in [2.75, 3.05) is 49.2 Å². The number of aromatic nitrogens is 4. The number of hydrogen-bond donors (Lipinski definition) is 0. The molecule has 6 rings (SSSR count). The van der Waals surface area contributed by atoms with Gasteiger partial charge in [0.25, 0.3) is 0 Å².